The van der Waals surface area contributed by atoms with E-state index >= 15 is 0 Å². The number of amides is 2. The maximum absolute atomic E-state index is 11.9. The monoisotopic (exact) mass is 328 g/mol. The van der Waals surface area contributed by atoms with Crippen molar-refractivity contribution in [1.29, 1.82) is 0 Å². The van der Waals surface area contributed by atoms with Crippen molar-refractivity contribution in [2.24, 2.45) is 0 Å². The number of nitrogens with zero attached hydrogens (tertiary/aromatic N) is 2. The molecular weight excluding hydrogens is 304 g/mol. The predicted molar refractivity (Wildman–Crippen MR) is 95.4 cm³/mol. The fourth-order valence-corrected chi connectivity index (χ4v) is 2.24. The number of anilines is 1. The summed E-state index contributed by atoms with van der Waals surface area (Å²) in [5.74, 6) is 0. The summed E-state index contributed by atoms with van der Waals surface area (Å²) in [5.41, 5.74) is 2.51. The molecule has 0 unspecified atom stereocenters. The number of carbonyl (C=O) groups excluding carboxylic acids is 1. The number of aryl methyl sites for hydroxylation is 1. The number of aromatic nitrogens is 2. The summed E-state index contributed by atoms with van der Waals surface area (Å²) in [7, 11) is 0. The normalized spacial score (nSPS) is 11.2. The zero-order valence-electron chi connectivity index (χ0n) is 14.6. The summed E-state index contributed by atoms with van der Waals surface area (Å²) >= 11 is 0. The van der Waals surface area contributed by atoms with Crippen LogP contribution in [0.1, 0.15) is 31.9 Å². The highest BCUT2D eigenvalue weighted by Gasteiger charge is 2.13. The Hall–Kier alpha value is -2.63. The Balaban J connectivity index is 1.85. The Morgan fingerprint density at radius 2 is 1.88 bits per heavy atom. The van der Waals surface area contributed by atoms with Crippen LogP contribution in [0.2, 0.25) is 0 Å². The largest absolute Gasteiger partial charge is 0.336 e. The topological polar surface area (TPSA) is 76.0 Å². The molecule has 0 fully saturated rings. The van der Waals surface area contributed by atoms with Crippen LogP contribution in [-0.4, -0.2) is 22.1 Å². The van der Waals surface area contributed by atoms with Gasteiger partial charge in [0.25, 0.3) is 5.56 Å². The standard InChI is InChI=1S/C18H24N4O2/c1-13-11-19-12-22(16(13)23)10-9-20-17(24)21-15-7-5-14(6-8-15)18(2,3)4/h5-8,11-12H,9-10H2,1-4H3,(H2,20,21,24). The maximum atomic E-state index is 11.9. The third-order valence-corrected chi connectivity index (χ3v) is 3.72. The van der Waals surface area contributed by atoms with Gasteiger partial charge in [-0.2, -0.15) is 0 Å². The summed E-state index contributed by atoms with van der Waals surface area (Å²) in [6, 6.07) is 7.48. The van der Waals surface area contributed by atoms with Crippen LogP contribution < -0.4 is 16.2 Å². The molecule has 0 bridgehead atoms. The SMILES string of the molecule is Cc1cncn(CCNC(=O)Nc2ccc(C(C)(C)C)cc2)c1=O. The fourth-order valence-electron chi connectivity index (χ4n) is 2.24. The van der Waals surface area contributed by atoms with Crippen LogP contribution >= 0.6 is 0 Å². The van der Waals surface area contributed by atoms with E-state index in [1.807, 2.05) is 24.3 Å². The lowest BCUT2D eigenvalue weighted by Gasteiger charge is -2.19. The highest BCUT2D eigenvalue weighted by Crippen LogP contribution is 2.23. The summed E-state index contributed by atoms with van der Waals surface area (Å²) in [6.45, 7) is 8.87. The van der Waals surface area contributed by atoms with Gasteiger partial charge in [0.15, 0.2) is 0 Å². The molecule has 1 heterocycles. The van der Waals surface area contributed by atoms with Crippen molar-refractivity contribution in [2.75, 3.05) is 11.9 Å². The van der Waals surface area contributed by atoms with E-state index in [4.69, 9.17) is 0 Å². The van der Waals surface area contributed by atoms with Crippen molar-refractivity contribution in [3.8, 4) is 0 Å². The van der Waals surface area contributed by atoms with Crippen molar-refractivity contribution < 1.29 is 4.79 Å². The lowest BCUT2D eigenvalue weighted by atomic mass is 9.87. The van der Waals surface area contributed by atoms with E-state index in [2.05, 4.69) is 36.4 Å². The lowest BCUT2D eigenvalue weighted by Crippen LogP contribution is -2.34. The first kappa shape index (κ1) is 17.7. The minimum absolute atomic E-state index is 0.0793. The van der Waals surface area contributed by atoms with Gasteiger partial charge in [0.05, 0.1) is 6.33 Å². The zero-order chi connectivity index (χ0) is 17.7. The first-order valence-corrected chi connectivity index (χ1v) is 7.94. The summed E-state index contributed by atoms with van der Waals surface area (Å²) in [6.07, 6.45) is 3.00. The Morgan fingerprint density at radius 3 is 2.50 bits per heavy atom. The molecule has 2 rings (SSSR count). The quantitative estimate of drug-likeness (QED) is 0.906. The molecule has 2 aromatic rings. The number of urea groups is 1. The van der Waals surface area contributed by atoms with Gasteiger partial charge >= 0.3 is 6.03 Å². The van der Waals surface area contributed by atoms with Crippen molar-refractivity contribution in [3.05, 3.63) is 58.3 Å². The molecule has 0 aliphatic heterocycles. The van der Waals surface area contributed by atoms with Gasteiger partial charge in [0, 0.05) is 30.5 Å². The molecule has 24 heavy (non-hydrogen) atoms. The Kier molecular flexibility index (Phi) is 5.39. The summed E-state index contributed by atoms with van der Waals surface area (Å²) < 4.78 is 1.48. The van der Waals surface area contributed by atoms with Gasteiger partial charge in [-0.25, -0.2) is 9.78 Å². The highest BCUT2D eigenvalue weighted by molar-refractivity contribution is 5.89. The molecule has 0 saturated carbocycles. The molecule has 2 amide bonds. The van der Waals surface area contributed by atoms with Crippen LogP contribution in [0.5, 0.6) is 0 Å². The average Bonchev–Trinajstić information content (AvgIpc) is 2.51. The number of nitrogens with one attached hydrogen (secondary N) is 2. The number of benzene rings is 1. The van der Waals surface area contributed by atoms with Crippen LogP contribution in [0.15, 0.2) is 41.6 Å². The molecule has 0 spiro atoms. The van der Waals surface area contributed by atoms with Gasteiger partial charge in [-0.05, 0) is 30.0 Å². The lowest BCUT2D eigenvalue weighted by molar-refractivity contribution is 0.251. The molecule has 128 valence electrons. The molecule has 2 N–H and O–H groups in total. The third kappa shape index (κ3) is 4.68. The van der Waals surface area contributed by atoms with E-state index < -0.39 is 0 Å². The van der Waals surface area contributed by atoms with Gasteiger partial charge in [0.1, 0.15) is 0 Å². The van der Waals surface area contributed by atoms with Gasteiger partial charge in [0.2, 0.25) is 0 Å². The van der Waals surface area contributed by atoms with Gasteiger partial charge < -0.3 is 10.6 Å². The second-order valence-electron chi connectivity index (χ2n) is 6.78. The molecule has 6 heteroatoms. The third-order valence-electron chi connectivity index (χ3n) is 3.72. The van der Waals surface area contributed by atoms with E-state index in [9.17, 15) is 9.59 Å². The molecule has 0 atom stereocenters. The van der Waals surface area contributed by atoms with Gasteiger partial charge in [-0.15, -0.1) is 0 Å². The Morgan fingerprint density at radius 1 is 1.21 bits per heavy atom. The molecule has 1 aromatic heterocycles. The molecular formula is C18H24N4O2. The number of carbonyl (C=O) groups is 1. The number of hydrogen-bond donors (Lipinski definition) is 2. The molecule has 0 saturated heterocycles. The van der Waals surface area contributed by atoms with Gasteiger partial charge in [-0.1, -0.05) is 32.9 Å². The minimum atomic E-state index is -0.299. The number of rotatable bonds is 4. The van der Waals surface area contributed by atoms with Crippen LogP contribution in [0.25, 0.3) is 0 Å². The van der Waals surface area contributed by atoms with Crippen molar-refractivity contribution in [1.82, 2.24) is 14.9 Å². The van der Waals surface area contributed by atoms with Crippen LogP contribution in [0, 0.1) is 6.92 Å². The van der Waals surface area contributed by atoms with Crippen molar-refractivity contribution in [2.45, 2.75) is 39.7 Å². The average molecular weight is 328 g/mol. The predicted octanol–water partition coefficient (Wildman–Crippen LogP) is 2.67. The van der Waals surface area contributed by atoms with Crippen molar-refractivity contribution in [3.63, 3.8) is 0 Å². The summed E-state index contributed by atoms with van der Waals surface area (Å²) in [5, 5.41) is 5.51. The van der Waals surface area contributed by atoms with E-state index in [0.717, 1.165) is 5.69 Å². The van der Waals surface area contributed by atoms with Crippen LogP contribution in [0.3, 0.4) is 0 Å². The van der Waals surface area contributed by atoms with Crippen LogP contribution in [0.4, 0.5) is 10.5 Å². The molecule has 0 aliphatic rings. The first-order valence-electron chi connectivity index (χ1n) is 7.94. The molecule has 0 radical (unpaired) electrons. The second kappa shape index (κ2) is 7.29. The van der Waals surface area contributed by atoms with E-state index in [0.29, 0.717) is 18.7 Å². The molecule has 1 aromatic carbocycles. The second-order valence-corrected chi connectivity index (χ2v) is 6.78. The molecule has 6 nitrogen and oxygen atoms in total. The Labute approximate surface area is 141 Å². The van der Waals surface area contributed by atoms with Crippen LogP contribution in [-0.2, 0) is 12.0 Å². The fraction of sp³-hybridized carbons (Fsp3) is 0.389. The summed E-state index contributed by atoms with van der Waals surface area (Å²) in [4.78, 5) is 27.7. The first-order chi connectivity index (χ1) is 11.3. The maximum Gasteiger partial charge on any atom is 0.319 e. The van der Waals surface area contributed by atoms with Crippen molar-refractivity contribution >= 4 is 11.7 Å². The van der Waals surface area contributed by atoms with Gasteiger partial charge in [-0.3, -0.25) is 9.36 Å². The van der Waals surface area contributed by atoms with E-state index in [1.54, 1.807) is 6.92 Å². The minimum Gasteiger partial charge on any atom is -0.336 e. The smallest absolute Gasteiger partial charge is 0.319 e. The number of hydrogen-bond acceptors (Lipinski definition) is 3. The Bertz CT molecular complexity index is 758. The highest BCUT2D eigenvalue weighted by atomic mass is 16.2. The zero-order valence-corrected chi connectivity index (χ0v) is 14.6. The van der Waals surface area contributed by atoms with E-state index in [1.165, 1.54) is 22.7 Å². The molecule has 0 aliphatic carbocycles. The van der Waals surface area contributed by atoms with E-state index in [-0.39, 0.29) is 17.0 Å².